The summed E-state index contributed by atoms with van der Waals surface area (Å²) < 4.78 is 0. The number of aromatic amines is 2. The number of carbonyl (C=O) groups excluding carboxylic acids is 1. The number of nitrogens with zero attached hydrogens (tertiary/aromatic N) is 4. The standard InChI is InChI=1S/C47H34N6O3/c54-43-41(39-29-48-46(50-39)31-21-25-37(26-22-31)52(33-13-5-1-6-14-33)34-15-7-2-8-16-34)44(55)45(56)42(43)40-30-49-47(51-40)32-23-27-38(28-24-32)53(35-17-9-3-10-18-35)36-19-11-4-12-20-36/h1-30,54H,(H,48,50)(H,49,51)(H,55,56). The SMILES string of the molecule is O=C1C(O)=C(c2cnc(-c3ccc(N(c4ccccc4)c4ccccc4)cc3)[nH]2)C(O)=C1c1cnc(-c2ccc(N(c3ccccc3)c3ccccc3)cc2)[nH]1. The fourth-order valence-electron chi connectivity index (χ4n) is 7.01. The highest BCUT2D eigenvalue weighted by atomic mass is 16.3. The van der Waals surface area contributed by atoms with Crippen molar-refractivity contribution in [2.75, 3.05) is 9.80 Å². The zero-order valence-corrected chi connectivity index (χ0v) is 29.9. The summed E-state index contributed by atoms with van der Waals surface area (Å²) in [6.07, 6.45) is 2.98. The van der Waals surface area contributed by atoms with Crippen molar-refractivity contribution in [3.63, 3.8) is 0 Å². The molecule has 0 atom stereocenters. The first-order valence-corrected chi connectivity index (χ1v) is 18.1. The predicted molar refractivity (Wildman–Crippen MR) is 222 cm³/mol. The molecule has 56 heavy (non-hydrogen) atoms. The Morgan fingerprint density at radius 1 is 0.393 bits per heavy atom. The van der Waals surface area contributed by atoms with E-state index in [0.29, 0.717) is 17.3 Å². The fraction of sp³-hybridized carbons (Fsp3) is 0. The number of hydrogen-bond donors (Lipinski definition) is 4. The Kier molecular flexibility index (Phi) is 8.77. The van der Waals surface area contributed by atoms with Gasteiger partial charge in [0, 0.05) is 45.3 Å². The molecule has 0 radical (unpaired) electrons. The average molecular weight is 731 g/mol. The third-order valence-electron chi connectivity index (χ3n) is 9.70. The van der Waals surface area contributed by atoms with Crippen molar-refractivity contribution in [1.82, 2.24) is 19.9 Å². The number of allylic oxidation sites excluding steroid dienone is 2. The second-order valence-corrected chi connectivity index (χ2v) is 13.2. The summed E-state index contributed by atoms with van der Waals surface area (Å²) in [4.78, 5) is 33.2. The lowest BCUT2D eigenvalue weighted by atomic mass is 10.1. The van der Waals surface area contributed by atoms with Gasteiger partial charge in [0.05, 0.1) is 34.9 Å². The number of aliphatic hydroxyl groups excluding tert-OH is 2. The Morgan fingerprint density at radius 3 is 1.07 bits per heavy atom. The van der Waals surface area contributed by atoms with Crippen LogP contribution in [-0.2, 0) is 4.79 Å². The van der Waals surface area contributed by atoms with E-state index in [9.17, 15) is 15.0 Å². The Bertz CT molecular complexity index is 2630. The van der Waals surface area contributed by atoms with Gasteiger partial charge >= 0.3 is 0 Å². The van der Waals surface area contributed by atoms with Crippen LogP contribution in [-0.4, -0.2) is 35.9 Å². The van der Waals surface area contributed by atoms with Gasteiger partial charge in [-0.2, -0.15) is 0 Å². The zero-order valence-electron chi connectivity index (χ0n) is 29.9. The van der Waals surface area contributed by atoms with E-state index in [2.05, 4.69) is 78.3 Å². The number of ketones is 1. The largest absolute Gasteiger partial charge is 0.506 e. The van der Waals surface area contributed by atoms with E-state index in [0.717, 1.165) is 45.3 Å². The van der Waals surface area contributed by atoms with Crippen LogP contribution in [0.5, 0.6) is 0 Å². The number of hydrogen-bond acceptors (Lipinski definition) is 7. The summed E-state index contributed by atoms with van der Waals surface area (Å²) >= 11 is 0. The third-order valence-corrected chi connectivity index (χ3v) is 9.70. The quantitative estimate of drug-likeness (QED) is 0.110. The summed E-state index contributed by atoms with van der Waals surface area (Å²) in [7, 11) is 0. The van der Waals surface area contributed by atoms with E-state index in [1.807, 2.05) is 121 Å². The minimum Gasteiger partial charge on any atom is -0.506 e. The van der Waals surface area contributed by atoms with Crippen molar-refractivity contribution in [2.45, 2.75) is 0 Å². The van der Waals surface area contributed by atoms with Crippen LogP contribution in [0.4, 0.5) is 34.1 Å². The monoisotopic (exact) mass is 730 g/mol. The molecule has 6 aromatic carbocycles. The Balaban J connectivity index is 0.963. The number of nitrogens with one attached hydrogen (secondary N) is 2. The highest BCUT2D eigenvalue weighted by Gasteiger charge is 2.36. The number of anilines is 6. The summed E-state index contributed by atoms with van der Waals surface area (Å²) in [6, 6.07) is 56.3. The first-order valence-electron chi connectivity index (χ1n) is 18.1. The molecule has 9 heteroatoms. The number of aliphatic hydroxyl groups is 2. The van der Waals surface area contributed by atoms with Gasteiger partial charge in [-0.3, -0.25) is 4.79 Å². The highest BCUT2D eigenvalue weighted by Crippen LogP contribution is 2.40. The fourth-order valence-corrected chi connectivity index (χ4v) is 7.01. The van der Waals surface area contributed by atoms with E-state index in [1.165, 1.54) is 12.4 Å². The van der Waals surface area contributed by atoms with E-state index in [4.69, 9.17) is 0 Å². The van der Waals surface area contributed by atoms with Gasteiger partial charge in [0.1, 0.15) is 17.4 Å². The Hall–Kier alpha value is -7.91. The Morgan fingerprint density at radius 2 is 0.714 bits per heavy atom. The summed E-state index contributed by atoms with van der Waals surface area (Å²) in [6.45, 7) is 0. The molecule has 0 aliphatic heterocycles. The maximum Gasteiger partial charge on any atom is 0.234 e. The van der Waals surface area contributed by atoms with Crippen LogP contribution in [0.1, 0.15) is 11.4 Å². The lowest BCUT2D eigenvalue weighted by molar-refractivity contribution is -0.112. The molecule has 0 unspecified atom stereocenters. The smallest absolute Gasteiger partial charge is 0.234 e. The van der Waals surface area contributed by atoms with Gasteiger partial charge in [-0.05, 0) is 97.1 Å². The summed E-state index contributed by atoms with van der Waals surface area (Å²) in [5.74, 6) is -0.647. The second kappa shape index (κ2) is 14.5. The molecule has 2 heterocycles. The van der Waals surface area contributed by atoms with Crippen molar-refractivity contribution in [3.8, 4) is 22.8 Å². The number of benzene rings is 6. The number of para-hydroxylation sites is 4. The third kappa shape index (κ3) is 6.29. The van der Waals surface area contributed by atoms with E-state index < -0.39 is 11.5 Å². The Labute approximate surface area is 322 Å². The minimum atomic E-state index is -0.716. The summed E-state index contributed by atoms with van der Waals surface area (Å²) in [5.41, 5.74) is 8.05. The topological polar surface area (TPSA) is 121 Å². The molecule has 9 nitrogen and oxygen atoms in total. The van der Waals surface area contributed by atoms with Crippen LogP contribution < -0.4 is 9.80 Å². The molecular weight excluding hydrogens is 697 g/mol. The molecule has 1 aliphatic rings. The van der Waals surface area contributed by atoms with Crippen molar-refractivity contribution in [2.24, 2.45) is 0 Å². The first kappa shape index (κ1) is 33.9. The van der Waals surface area contributed by atoms with Gasteiger partial charge in [0.15, 0.2) is 5.76 Å². The normalized spacial score (nSPS) is 12.7. The zero-order chi connectivity index (χ0) is 38.0. The maximum absolute atomic E-state index is 13.4. The van der Waals surface area contributed by atoms with Gasteiger partial charge in [0.2, 0.25) is 5.78 Å². The number of H-pyrrole nitrogens is 2. The number of Topliss-reactive ketones (excluding diaryl/α,β-unsaturated/α-hetero) is 1. The predicted octanol–water partition coefficient (Wildman–Crippen LogP) is 11.2. The molecule has 4 N–H and O–H groups in total. The molecule has 270 valence electrons. The van der Waals surface area contributed by atoms with E-state index in [-0.39, 0.29) is 22.6 Å². The molecule has 1 aliphatic carbocycles. The molecule has 2 aromatic heterocycles. The van der Waals surface area contributed by atoms with Crippen LogP contribution in [0.25, 0.3) is 33.9 Å². The molecule has 0 fully saturated rings. The molecule has 0 amide bonds. The lowest BCUT2D eigenvalue weighted by Crippen LogP contribution is -2.09. The molecule has 9 rings (SSSR count). The van der Waals surface area contributed by atoms with Gasteiger partial charge in [0.25, 0.3) is 0 Å². The molecule has 0 spiro atoms. The van der Waals surface area contributed by atoms with Crippen LogP contribution in [0.2, 0.25) is 0 Å². The molecule has 0 saturated carbocycles. The first-order chi connectivity index (χ1) is 27.5. The highest BCUT2D eigenvalue weighted by molar-refractivity contribution is 6.36. The number of imidazole rings is 2. The average Bonchev–Trinajstić information content (AvgIpc) is 3.99. The van der Waals surface area contributed by atoms with Gasteiger partial charge in [-0.25, -0.2) is 9.97 Å². The van der Waals surface area contributed by atoms with Crippen molar-refractivity contribution >= 4 is 51.1 Å². The van der Waals surface area contributed by atoms with Crippen LogP contribution in [0.3, 0.4) is 0 Å². The maximum atomic E-state index is 13.4. The van der Waals surface area contributed by atoms with Crippen LogP contribution >= 0.6 is 0 Å². The summed E-state index contributed by atoms with van der Waals surface area (Å²) in [5, 5.41) is 22.5. The second-order valence-electron chi connectivity index (χ2n) is 13.2. The van der Waals surface area contributed by atoms with Crippen molar-refractivity contribution in [1.29, 1.82) is 0 Å². The van der Waals surface area contributed by atoms with Crippen LogP contribution in [0.15, 0.2) is 194 Å². The van der Waals surface area contributed by atoms with E-state index >= 15 is 0 Å². The van der Waals surface area contributed by atoms with Crippen LogP contribution in [0, 0.1) is 0 Å². The number of aromatic nitrogens is 4. The molecule has 0 saturated heterocycles. The lowest BCUT2D eigenvalue weighted by Gasteiger charge is -2.25. The molecule has 0 bridgehead atoms. The van der Waals surface area contributed by atoms with E-state index in [1.54, 1.807) is 0 Å². The van der Waals surface area contributed by atoms with Crippen molar-refractivity contribution in [3.05, 3.63) is 205 Å². The van der Waals surface area contributed by atoms with Gasteiger partial charge < -0.3 is 30.0 Å². The number of carbonyl (C=O) groups is 1. The van der Waals surface area contributed by atoms with Gasteiger partial charge in [-0.15, -0.1) is 0 Å². The molecular formula is C47H34N6O3. The molecule has 8 aromatic rings. The van der Waals surface area contributed by atoms with Gasteiger partial charge in [-0.1, -0.05) is 72.8 Å². The minimum absolute atomic E-state index is 0.0258. The van der Waals surface area contributed by atoms with Crippen molar-refractivity contribution < 1.29 is 15.0 Å². The number of rotatable bonds is 10.